The molecule has 0 unspecified atom stereocenters. The van der Waals surface area contributed by atoms with Crippen LogP contribution in [-0.4, -0.2) is 19.6 Å². The molecule has 0 radical (unpaired) electrons. The summed E-state index contributed by atoms with van der Waals surface area (Å²) in [6, 6.07) is 58.6. The van der Waals surface area contributed by atoms with Crippen LogP contribution in [0.1, 0.15) is 52.7 Å². The largest absolute Gasteiger partial charge is 0.507 e. The molecule has 0 bridgehead atoms. The monoisotopic (exact) mass is 947 g/mol. The van der Waals surface area contributed by atoms with Crippen molar-refractivity contribution in [3.63, 3.8) is 0 Å². The molecule has 5 heteroatoms. The maximum Gasteiger partial charge on any atom is 0.124 e. The first-order valence-corrected chi connectivity index (χ1v) is 20.0. The molecule has 294 valence electrons. The predicted molar refractivity (Wildman–Crippen MR) is 241 cm³/mol. The SMILES string of the molecule is CC(C)(C)c1cc(-c2cc(-c3[c-]c(-c4cc(-c5ccc6c7ccccc7n(-c7ccccc7)c6c5)ccn4)ccc3)nc(-c3ccccc3O)c2)cc(C(C)(C)C)c1.[Pt]. The Hall–Kier alpha value is -6.09. The van der Waals surface area contributed by atoms with Crippen molar-refractivity contribution in [2.24, 2.45) is 0 Å². The summed E-state index contributed by atoms with van der Waals surface area (Å²) in [7, 11) is 0. The van der Waals surface area contributed by atoms with Crippen LogP contribution in [0.4, 0.5) is 0 Å². The first kappa shape index (κ1) is 39.7. The fourth-order valence-corrected chi connectivity index (χ4v) is 7.85. The van der Waals surface area contributed by atoms with Crippen LogP contribution in [-0.2, 0) is 31.9 Å². The van der Waals surface area contributed by atoms with Crippen molar-refractivity contribution < 1.29 is 26.2 Å². The molecule has 6 aromatic carbocycles. The van der Waals surface area contributed by atoms with Gasteiger partial charge >= 0.3 is 0 Å². The van der Waals surface area contributed by atoms with E-state index >= 15 is 0 Å². The average Bonchev–Trinajstić information content (AvgIpc) is 3.57. The number of aromatic nitrogens is 3. The summed E-state index contributed by atoms with van der Waals surface area (Å²) in [6.45, 7) is 13.6. The van der Waals surface area contributed by atoms with Crippen LogP contribution >= 0.6 is 0 Å². The summed E-state index contributed by atoms with van der Waals surface area (Å²) < 4.78 is 2.35. The molecule has 59 heavy (non-hydrogen) atoms. The van der Waals surface area contributed by atoms with E-state index in [2.05, 4.69) is 180 Å². The van der Waals surface area contributed by atoms with Gasteiger partial charge in [-0.05, 0) is 92.7 Å². The predicted octanol–water partition coefficient (Wildman–Crippen LogP) is 14.0. The van der Waals surface area contributed by atoms with Crippen molar-refractivity contribution in [2.45, 2.75) is 52.4 Å². The minimum atomic E-state index is -0.0396. The molecule has 9 aromatic rings. The summed E-state index contributed by atoms with van der Waals surface area (Å²) in [4.78, 5) is 10.0. The maximum absolute atomic E-state index is 11.0. The zero-order valence-corrected chi connectivity index (χ0v) is 36.5. The molecule has 0 aliphatic carbocycles. The van der Waals surface area contributed by atoms with Crippen LogP contribution in [0.25, 0.3) is 83.5 Å². The van der Waals surface area contributed by atoms with Crippen molar-refractivity contribution in [1.82, 2.24) is 14.5 Å². The van der Waals surface area contributed by atoms with Crippen LogP contribution in [0.3, 0.4) is 0 Å². The molecule has 3 aromatic heterocycles. The summed E-state index contributed by atoms with van der Waals surface area (Å²) in [6.07, 6.45) is 1.88. The van der Waals surface area contributed by atoms with Gasteiger partial charge in [0, 0.05) is 60.7 Å². The standard InChI is InChI=1S/C54H46N3O.Pt/c1-53(2,3)41-28-39(29-42(34-41)54(4,5)6)40-31-48(56-49(32-40)46-20-11-13-22-52(46)58)38-16-14-15-37(27-38)47-30-36(25-26-55-47)35-23-24-45-44-19-10-12-21-50(44)57(51(45)33-35)43-17-8-7-9-18-43;/h7-26,28-34,58H,1-6H3;/q-1;. The van der Waals surface area contributed by atoms with Gasteiger partial charge in [-0.1, -0.05) is 144 Å². The Balaban J connectivity index is 0.00000484. The Labute approximate surface area is 361 Å². The van der Waals surface area contributed by atoms with Gasteiger partial charge in [0.05, 0.1) is 16.7 Å². The van der Waals surface area contributed by atoms with E-state index in [-0.39, 0.29) is 37.6 Å². The number of rotatable bonds is 6. The second-order valence-electron chi connectivity index (χ2n) is 17.3. The van der Waals surface area contributed by atoms with Gasteiger partial charge in [-0.15, -0.1) is 24.3 Å². The Morgan fingerprint density at radius 3 is 1.81 bits per heavy atom. The fraction of sp³-hybridized carbons (Fsp3) is 0.148. The third-order valence-electron chi connectivity index (χ3n) is 11.1. The van der Waals surface area contributed by atoms with Crippen molar-refractivity contribution >= 4 is 21.8 Å². The summed E-state index contributed by atoms with van der Waals surface area (Å²) in [5.41, 5.74) is 15.0. The van der Waals surface area contributed by atoms with Crippen LogP contribution in [0.5, 0.6) is 5.75 Å². The normalized spacial score (nSPS) is 11.8. The minimum absolute atomic E-state index is 0. The molecule has 4 nitrogen and oxygen atoms in total. The average molecular weight is 948 g/mol. The summed E-state index contributed by atoms with van der Waals surface area (Å²) in [5, 5.41) is 13.5. The van der Waals surface area contributed by atoms with E-state index in [0.29, 0.717) is 11.3 Å². The smallest absolute Gasteiger partial charge is 0.124 e. The molecule has 0 fully saturated rings. The van der Waals surface area contributed by atoms with Gasteiger partial charge in [0.1, 0.15) is 5.75 Å². The van der Waals surface area contributed by atoms with Crippen LogP contribution in [0.15, 0.2) is 164 Å². The van der Waals surface area contributed by atoms with Gasteiger partial charge in [-0.25, -0.2) is 0 Å². The van der Waals surface area contributed by atoms with Gasteiger partial charge in [-0.3, -0.25) is 9.97 Å². The second-order valence-corrected chi connectivity index (χ2v) is 17.3. The van der Waals surface area contributed by atoms with E-state index in [9.17, 15) is 5.11 Å². The Morgan fingerprint density at radius 1 is 0.492 bits per heavy atom. The molecule has 0 aliphatic rings. The minimum Gasteiger partial charge on any atom is -0.507 e. The molecule has 0 aliphatic heterocycles. The Bertz CT molecular complexity index is 2950. The van der Waals surface area contributed by atoms with E-state index in [0.717, 1.165) is 56.0 Å². The number of nitrogens with zero attached hydrogens (tertiary/aromatic N) is 3. The third-order valence-corrected chi connectivity index (χ3v) is 11.1. The van der Waals surface area contributed by atoms with Crippen molar-refractivity contribution in [3.8, 4) is 67.5 Å². The van der Waals surface area contributed by atoms with Gasteiger partial charge in [0.25, 0.3) is 0 Å². The number of aromatic hydroxyl groups is 1. The number of para-hydroxylation sites is 3. The zero-order valence-electron chi connectivity index (χ0n) is 34.2. The van der Waals surface area contributed by atoms with E-state index in [1.165, 1.54) is 27.4 Å². The van der Waals surface area contributed by atoms with Gasteiger partial charge in [0.2, 0.25) is 0 Å². The fourth-order valence-electron chi connectivity index (χ4n) is 7.85. The third kappa shape index (κ3) is 7.78. The summed E-state index contributed by atoms with van der Waals surface area (Å²) >= 11 is 0. The number of hydrogen-bond donors (Lipinski definition) is 1. The molecule has 0 saturated heterocycles. The van der Waals surface area contributed by atoms with Crippen LogP contribution in [0, 0.1) is 6.07 Å². The summed E-state index contributed by atoms with van der Waals surface area (Å²) in [5.74, 6) is 0.193. The number of phenols is 1. The van der Waals surface area contributed by atoms with Crippen LogP contribution < -0.4 is 0 Å². The number of fused-ring (bicyclic) bond motifs is 3. The first-order chi connectivity index (χ1) is 27.9. The zero-order chi connectivity index (χ0) is 40.2. The van der Waals surface area contributed by atoms with E-state index in [4.69, 9.17) is 9.97 Å². The van der Waals surface area contributed by atoms with Crippen molar-refractivity contribution in [2.75, 3.05) is 0 Å². The van der Waals surface area contributed by atoms with Crippen molar-refractivity contribution in [1.29, 1.82) is 0 Å². The molecular weight excluding hydrogens is 902 g/mol. The maximum atomic E-state index is 11.0. The molecule has 0 amide bonds. The number of phenolic OH excluding ortho intramolecular Hbond substituents is 1. The van der Waals surface area contributed by atoms with Gasteiger partial charge in [0.15, 0.2) is 0 Å². The van der Waals surface area contributed by atoms with Gasteiger partial charge in [-0.2, -0.15) is 0 Å². The number of benzene rings is 6. The molecule has 1 N–H and O–H groups in total. The molecule has 0 saturated carbocycles. The quantitative estimate of drug-likeness (QED) is 0.169. The first-order valence-electron chi connectivity index (χ1n) is 20.0. The Morgan fingerprint density at radius 2 is 1.08 bits per heavy atom. The van der Waals surface area contributed by atoms with Gasteiger partial charge < -0.3 is 9.67 Å². The van der Waals surface area contributed by atoms with Crippen molar-refractivity contribution in [3.05, 3.63) is 181 Å². The number of pyridine rings is 2. The molecule has 9 rings (SSSR count). The van der Waals surface area contributed by atoms with E-state index < -0.39 is 0 Å². The molecule has 3 heterocycles. The van der Waals surface area contributed by atoms with E-state index in [1.54, 1.807) is 6.07 Å². The molecule has 0 atom stereocenters. The number of hydrogen-bond acceptors (Lipinski definition) is 3. The molecule has 0 spiro atoms. The topological polar surface area (TPSA) is 50.9 Å². The molecular formula is C54H46N3OPt-. The Kier molecular flexibility index (Phi) is 10.5. The second kappa shape index (κ2) is 15.6. The van der Waals surface area contributed by atoms with E-state index in [1.807, 2.05) is 30.5 Å². The van der Waals surface area contributed by atoms with Crippen LogP contribution in [0.2, 0.25) is 0 Å².